The molecule has 0 radical (unpaired) electrons. The lowest BCUT2D eigenvalue weighted by molar-refractivity contribution is 0.238. The average Bonchev–Trinajstić information content (AvgIpc) is 2.14. The van der Waals surface area contributed by atoms with Gasteiger partial charge in [-0.15, -0.1) is 0 Å². The van der Waals surface area contributed by atoms with Crippen LogP contribution in [0, 0.1) is 0 Å². The number of rotatable bonds is 8. The van der Waals surface area contributed by atoms with Crippen LogP contribution < -0.4 is 0 Å². The Morgan fingerprint density at radius 1 is 1.00 bits per heavy atom. The molecule has 13 heavy (non-hydrogen) atoms. The molecular formula is C12H27N. The second kappa shape index (κ2) is 8.55. The minimum Gasteiger partial charge on any atom is -0.304 e. The summed E-state index contributed by atoms with van der Waals surface area (Å²) in [5, 5.41) is 0. The monoisotopic (exact) mass is 185 g/mol. The predicted molar refractivity (Wildman–Crippen MR) is 61.1 cm³/mol. The first-order valence-corrected chi connectivity index (χ1v) is 5.92. The van der Waals surface area contributed by atoms with Gasteiger partial charge in [0, 0.05) is 6.04 Å². The van der Waals surface area contributed by atoms with Crippen LogP contribution in [0.2, 0.25) is 0 Å². The van der Waals surface area contributed by atoms with Crippen LogP contribution in [0.25, 0.3) is 0 Å². The van der Waals surface area contributed by atoms with E-state index < -0.39 is 0 Å². The van der Waals surface area contributed by atoms with Gasteiger partial charge in [0.1, 0.15) is 0 Å². The second-order valence-corrected chi connectivity index (χ2v) is 4.18. The maximum Gasteiger partial charge on any atom is 0.00638 e. The van der Waals surface area contributed by atoms with Crippen molar-refractivity contribution < 1.29 is 0 Å². The molecule has 0 N–H and O–H groups in total. The summed E-state index contributed by atoms with van der Waals surface area (Å²) in [6, 6.07) is 0.775. The molecule has 0 amide bonds. The van der Waals surface area contributed by atoms with Crippen LogP contribution in [0.4, 0.5) is 0 Å². The van der Waals surface area contributed by atoms with Gasteiger partial charge in [-0.3, -0.25) is 0 Å². The fraction of sp³-hybridized carbons (Fsp3) is 1.00. The van der Waals surface area contributed by atoms with Crippen molar-refractivity contribution in [3.63, 3.8) is 0 Å². The maximum absolute atomic E-state index is 2.51. The normalized spacial score (nSPS) is 13.6. The van der Waals surface area contributed by atoms with E-state index in [2.05, 4.69) is 32.7 Å². The molecule has 0 saturated heterocycles. The smallest absolute Gasteiger partial charge is 0.00638 e. The summed E-state index contributed by atoms with van der Waals surface area (Å²) in [4.78, 5) is 2.51. The Hall–Kier alpha value is -0.0400. The fourth-order valence-electron chi connectivity index (χ4n) is 1.55. The van der Waals surface area contributed by atoms with Gasteiger partial charge in [0.2, 0.25) is 0 Å². The molecule has 0 aromatic rings. The molecule has 0 bridgehead atoms. The van der Waals surface area contributed by atoms with E-state index in [0.717, 1.165) is 6.04 Å². The average molecular weight is 185 g/mol. The topological polar surface area (TPSA) is 3.24 Å². The molecule has 0 heterocycles. The van der Waals surface area contributed by atoms with Crippen molar-refractivity contribution in [3.8, 4) is 0 Å². The second-order valence-electron chi connectivity index (χ2n) is 4.18. The van der Waals surface area contributed by atoms with Crippen molar-refractivity contribution in [1.29, 1.82) is 0 Å². The van der Waals surface area contributed by atoms with Gasteiger partial charge in [-0.25, -0.2) is 0 Å². The van der Waals surface area contributed by atoms with E-state index in [-0.39, 0.29) is 0 Å². The molecule has 80 valence electrons. The lowest BCUT2D eigenvalue weighted by Crippen LogP contribution is -2.29. The van der Waals surface area contributed by atoms with Crippen LogP contribution in [-0.2, 0) is 0 Å². The van der Waals surface area contributed by atoms with Crippen LogP contribution in [0.15, 0.2) is 0 Å². The van der Waals surface area contributed by atoms with Crippen molar-refractivity contribution >= 4 is 0 Å². The highest BCUT2D eigenvalue weighted by atomic mass is 15.1. The van der Waals surface area contributed by atoms with E-state index in [1.54, 1.807) is 0 Å². The summed E-state index contributed by atoms with van der Waals surface area (Å²) in [7, 11) is 2.26. The van der Waals surface area contributed by atoms with Crippen LogP contribution in [-0.4, -0.2) is 24.5 Å². The van der Waals surface area contributed by atoms with E-state index in [1.165, 1.54) is 45.1 Å². The standard InChI is InChI=1S/C12H27N/c1-5-7-9-11-13(4)12(3)10-8-6-2/h12H,5-11H2,1-4H3/t12-/m0/s1. The maximum atomic E-state index is 2.51. The zero-order valence-corrected chi connectivity index (χ0v) is 9.97. The van der Waals surface area contributed by atoms with Gasteiger partial charge < -0.3 is 4.90 Å². The summed E-state index contributed by atoms with van der Waals surface area (Å²) in [5.41, 5.74) is 0. The van der Waals surface area contributed by atoms with Crippen molar-refractivity contribution in [3.05, 3.63) is 0 Å². The molecule has 1 nitrogen and oxygen atoms in total. The predicted octanol–water partition coefficient (Wildman–Crippen LogP) is 3.69. The van der Waals surface area contributed by atoms with Crippen molar-refractivity contribution in [1.82, 2.24) is 4.90 Å². The highest BCUT2D eigenvalue weighted by molar-refractivity contribution is 4.62. The lowest BCUT2D eigenvalue weighted by Gasteiger charge is -2.24. The zero-order valence-electron chi connectivity index (χ0n) is 9.97. The SMILES string of the molecule is CCCCCN(C)[C@@H](C)CCCC. The molecule has 0 unspecified atom stereocenters. The Kier molecular flexibility index (Phi) is 8.53. The molecule has 0 saturated carbocycles. The first-order chi connectivity index (χ1) is 6.22. The Balaban J connectivity index is 3.38. The van der Waals surface area contributed by atoms with Crippen LogP contribution in [0.5, 0.6) is 0 Å². The third-order valence-corrected chi connectivity index (χ3v) is 2.84. The minimum atomic E-state index is 0.775. The fourth-order valence-corrected chi connectivity index (χ4v) is 1.55. The van der Waals surface area contributed by atoms with Crippen LogP contribution >= 0.6 is 0 Å². The first-order valence-electron chi connectivity index (χ1n) is 5.92. The Morgan fingerprint density at radius 2 is 1.62 bits per heavy atom. The number of hydrogen-bond acceptors (Lipinski definition) is 1. The highest BCUT2D eigenvalue weighted by Crippen LogP contribution is 2.07. The molecule has 1 heteroatoms. The molecule has 0 aliphatic carbocycles. The van der Waals surface area contributed by atoms with E-state index in [9.17, 15) is 0 Å². The largest absolute Gasteiger partial charge is 0.304 e. The molecule has 0 aromatic carbocycles. The third-order valence-electron chi connectivity index (χ3n) is 2.84. The summed E-state index contributed by atoms with van der Waals surface area (Å²) in [6.07, 6.45) is 8.14. The van der Waals surface area contributed by atoms with Crippen LogP contribution in [0.1, 0.15) is 59.3 Å². The summed E-state index contributed by atoms with van der Waals surface area (Å²) in [6.45, 7) is 8.16. The van der Waals surface area contributed by atoms with Gasteiger partial charge in [-0.1, -0.05) is 39.5 Å². The molecule has 0 spiro atoms. The summed E-state index contributed by atoms with van der Waals surface area (Å²) >= 11 is 0. The van der Waals surface area contributed by atoms with Gasteiger partial charge in [0.05, 0.1) is 0 Å². The molecule has 0 fully saturated rings. The lowest BCUT2D eigenvalue weighted by atomic mass is 10.1. The third kappa shape index (κ3) is 7.06. The molecule has 1 atom stereocenters. The van der Waals surface area contributed by atoms with E-state index >= 15 is 0 Å². The minimum absolute atomic E-state index is 0.775. The Bertz CT molecular complexity index is 101. The number of unbranched alkanes of at least 4 members (excludes halogenated alkanes) is 3. The van der Waals surface area contributed by atoms with Crippen molar-refractivity contribution in [2.75, 3.05) is 13.6 Å². The highest BCUT2D eigenvalue weighted by Gasteiger charge is 2.06. The van der Waals surface area contributed by atoms with Gasteiger partial charge in [0.15, 0.2) is 0 Å². The van der Waals surface area contributed by atoms with Gasteiger partial charge in [0.25, 0.3) is 0 Å². The molecular weight excluding hydrogens is 158 g/mol. The first kappa shape index (κ1) is 13.0. The van der Waals surface area contributed by atoms with Gasteiger partial charge in [-0.05, 0) is 33.4 Å². The summed E-state index contributed by atoms with van der Waals surface area (Å²) < 4.78 is 0. The van der Waals surface area contributed by atoms with E-state index in [1.807, 2.05) is 0 Å². The Labute approximate surface area is 84.5 Å². The van der Waals surface area contributed by atoms with E-state index in [0.29, 0.717) is 0 Å². The Morgan fingerprint density at radius 3 is 2.15 bits per heavy atom. The molecule has 0 aliphatic heterocycles. The van der Waals surface area contributed by atoms with Crippen molar-refractivity contribution in [2.24, 2.45) is 0 Å². The zero-order chi connectivity index (χ0) is 10.1. The van der Waals surface area contributed by atoms with Gasteiger partial charge in [-0.2, -0.15) is 0 Å². The van der Waals surface area contributed by atoms with Crippen LogP contribution in [0.3, 0.4) is 0 Å². The van der Waals surface area contributed by atoms with Gasteiger partial charge >= 0.3 is 0 Å². The summed E-state index contributed by atoms with van der Waals surface area (Å²) in [5.74, 6) is 0. The molecule has 0 aliphatic rings. The van der Waals surface area contributed by atoms with Crippen molar-refractivity contribution in [2.45, 2.75) is 65.3 Å². The molecule has 0 aromatic heterocycles. The number of hydrogen-bond donors (Lipinski definition) is 0. The van der Waals surface area contributed by atoms with E-state index in [4.69, 9.17) is 0 Å². The number of nitrogens with zero attached hydrogens (tertiary/aromatic N) is 1. The quantitative estimate of drug-likeness (QED) is 0.521. The molecule has 0 rings (SSSR count).